The van der Waals surface area contributed by atoms with Crippen LogP contribution >= 0.6 is 0 Å². The molecular formula is C17H29FN2O. The van der Waals surface area contributed by atoms with Crippen LogP contribution in [0.3, 0.4) is 0 Å². The van der Waals surface area contributed by atoms with Gasteiger partial charge in [-0.15, -0.1) is 0 Å². The normalized spacial score (nSPS) is 13.3. The smallest absolute Gasteiger partial charge is 0.123 e. The van der Waals surface area contributed by atoms with Crippen molar-refractivity contribution in [1.29, 1.82) is 0 Å². The highest BCUT2D eigenvalue weighted by molar-refractivity contribution is 5.54. The van der Waals surface area contributed by atoms with E-state index in [0.717, 1.165) is 17.8 Å². The fraction of sp³-hybridized carbons (Fsp3) is 0.647. The highest BCUT2D eigenvalue weighted by Crippen LogP contribution is 2.29. The summed E-state index contributed by atoms with van der Waals surface area (Å²) in [6.07, 6.45) is 0. The van der Waals surface area contributed by atoms with Crippen LogP contribution in [0.2, 0.25) is 0 Å². The molecule has 0 amide bonds. The van der Waals surface area contributed by atoms with E-state index in [1.54, 1.807) is 13.2 Å². The van der Waals surface area contributed by atoms with Gasteiger partial charge in [0.1, 0.15) is 5.82 Å². The molecule has 1 aromatic carbocycles. The molecule has 0 aromatic heterocycles. The minimum Gasteiger partial charge on any atom is -0.383 e. The van der Waals surface area contributed by atoms with E-state index in [4.69, 9.17) is 4.74 Å². The Labute approximate surface area is 128 Å². The van der Waals surface area contributed by atoms with Crippen LogP contribution in [0.15, 0.2) is 18.2 Å². The second kappa shape index (κ2) is 7.76. The predicted octanol–water partition coefficient (Wildman–Crippen LogP) is 3.43. The van der Waals surface area contributed by atoms with Crippen molar-refractivity contribution in [3.05, 3.63) is 29.6 Å². The average Bonchev–Trinajstić information content (AvgIpc) is 2.41. The lowest BCUT2D eigenvalue weighted by molar-refractivity contribution is 0.199. The first kappa shape index (κ1) is 17.9. The van der Waals surface area contributed by atoms with Crippen LogP contribution in [0.1, 0.15) is 33.3 Å². The number of rotatable bonds is 7. The van der Waals surface area contributed by atoms with Crippen LogP contribution in [-0.4, -0.2) is 33.4 Å². The molecule has 120 valence electrons. The van der Waals surface area contributed by atoms with E-state index >= 15 is 0 Å². The Balaban J connectivity index is 2.90. The van der Waals surface area contributed by atoms with E-state index in [1.165, 1.54) is 6.07 Å². The predicted molar refractivity (Wildman–Crippen MR) is 87.3 cm³/mol. The molecule has 0 saturated carbocycles. The third-order valence-electron chi connectivity index (χ3n) is 4.05. The van der Waals surface area contributed by atoms with Gasteiger partial charge in [0.25, 0.3) is 0 Å². The number of benzene rings is 1. The summed E-state index contributed by atoms with van der Waals surface area (Å²) < 4.78 is 18.6. The molecule has 0 spiro atoms. The number of nitrogens with zero attached hydrogens (tertiary/aromatic N) is 1. The zero-order valence-corrected chi connectivity index (χ0v) is 14.2. The molecule has 0 bridgehead atoms. The van der Waals surface area contributed by atoms with Crippen LogP contribution in [-0.2, 0) is 11.3 Å². The van der Waals surface area contributed by atoms with Crippen LogP contribution < -0.4 is 10.2 Å². The monoisotopic (exact) mass is 296 g/mol. The zero-order valence-electron chi connectivity index (χ0n) is 14.2. The first-order valence-corrected chi connectivity index (χ1v) is 7.48. The summed E-state index contributed by atoms with van der Waals surface area (Å²) >= 11 is 0. The Hall–Kier alpha value is -1.13. The van der Waals surface area contributed by atoms with Crippen molar-refractivity contribution in [2.45, 2.75) is 40.3 Å². The van der Waals surface area contributed by atoms with Crippen molar-refractivity contribution in [2.75, 3.05) is 32.2 Å². The number of nitrogens with one attached hydrogen (secondary N) is 1. The maximum atomic E-state index is 13.5. The molecule has 0 saturated heterocycles. The molecule has 1 unspecified atom stereocenters. The lowest BCUT2D eigenvalue weighted by Crippen LogP contribution is -2.40. The van der Waals surface area contributed by atoms with Crippen molar-refractivity contribution in [2.24, 2.45) is 5.41 Å². The SMILES string of the molecule is COCCNCc1cc(F)ccc1N(C)C(C)C(C)(C)C. The molecule has 0 aliphatic carbocycles. The molecule has 1 atom stereocenters. The number of methoxy groups -OCH3 is 1. The van der Waals surface area contributed by atoms with Crippen molar-refractivity contribution in [3.63, 3.8) is 0 Å². The first-order chi connectivity index (χ1) is 9.77. The molecule has 0 aliphatic rings. The van der Waals surface area contributed by atoms with Gasteiger partial charge in [0, 0.05) is 39.0 Å². The summed E-state index contributed by atoms with van der Waals surface area (Å²) in [7, 11) is 3.75. The molecule has 21 heavy (non-hydrogen) atoms. The van der Waals surface area contributed by atoms with Crippen LogP contribution in [0.4, 0.5) is 10.1 Å². The maximum absolute atomic E-state index is 13.5. The van der Waals surface area contributed by atoms with Gasteiger partial charge in [0.15, 0.2) is 0 Å². The van der Waals surface area contributed by atoms with Gasteiger partial charge in [0.05, 0.1) is 6.61 Å². The van der Waals surface area contributed by atoms with Gasteiger partial charge >= 0.3 is 0 Å². The number of anilines is 1. The Morgan fingerprint density at radius 3 is 2.57 bits per heavy atom. The van der Waals surface area contributed by atoms with Crippen LogP contribution in [0, 0.1) is 11.2 Å². The van der Waals surface area contributed by atoms with Gasteiger partial charge < -0.3 is 15.0 Å². The molecule has 3 nitrogen and oxygen atoms in total. The Bertz CT molecular complexity index is 443. The molecule has 0 heterocycles. The van der Waals surface area contributed by atoms with Crippen molar-refractivity contribution in [1.82, 2.24) is 5.32 Å². The van der Waals surface area contributed by atoms with Gasteiger partial charge in [-0.3, -0.25) is 0 Å². The molecule has 1 aromatic rings. The van der Waals surface area contributed by atoms with E-state index in [0.29, 0.717) is 19.2 Å². The van der Waals surface area contributed by atoms with Gasteiger partial charge in [0.2, 0.25) is 0 Å². The third kappa shape index (κ3) is 5.29. The maximum Gasteiger partial charge on any atom is 0.123 e. The van der Waals surface area contributed by atoms with E-state index in [9.17, 15) is 4.39 Å². The minimum atomic E-state index is -0.195. The Kier molecular flexibility index (Phi) is 6.62. The Morgan fingerprint density at radius 2 is 2.00 bits per heavy atom. The van der Waals surface area contributed by atoms with Gasteiger partial charge in [-0.1, -0.05) is 20.8 Å². The summed E-state index contributed by atoms with van der Waals surface area (Å²) in [4.78, 5) is 2.23. The third-order valence-corrected chi connectivity index (χ3v) is 4.05. The summed E-state index contributed by atoms with van der Waals surface area (Å²) in [5.74, 6) is -0.195. The van der Waals surface area contributed by atoms with Gasteiger partial charge in [-0.25, -0.2) is 4.39 Å². The van der Waals surface area contributed by atoms with Gasteiger partial charge in [-0.2, -0.15) is 0 Å². The fourth-order valence-corrected chi connectivity index (χ4v) is 2.23. The second-order valence-corrected chi connectivity index (χ2v) is 6.60. The highest BCUT2D eigenvalue weighted by atomic mass is 19.1. The minimum absolute atomic E-state index is 0.157. The molecule has 4 heteroatoms. The molecule has 0 radical (unpaired) electrons. The van der Waals surface area contributed by atoms with E-state index in [1.807, 2.05) is 6.07 Å². The summed E-state index contributed by atoms with van der Waals surface area (Å²) in [5, 5.41) is 3.28. The van der Waals surface area contributed by atoms with E-state index < -0.39 is 0 Å². The summed E-state index contributed by atoms with van der Waals surface area (Å²) in [6, 6.07) is 5.35. The Morgan fingerprint density at radius 1 is 1.33 bits per heavy atom. The quantitative estimate of drug-likeness (QED) is 0.780. The molecule has 0 fully saturated rings. The van der Waals surface area contributed by atoms with Crippen LogP contribution in [0.25, 0.3) is 0 Å². The topological polar surface area (TPSA) is 24.5 Å². The first-order valence-electron chi connectivity index (χ1n) is 7.48. The van der Waals surface area contributed by atoms with Gasteiger partial charge in [-0.05, 0) is 36.1 Å². The number of hydrogen-bond acceptors (Lipinski definition) is 3. The van der Waals surface area contributed by atoms with Crippen molar-refractivity contribution < 1.29 is 9.13 Å². The number of hydrogen-bond donors (Lipinski definition) is 1. The zero-order chi connectivity index (χ0) is 16.0. The van der Waals surface area contributed by atoms with E-state index in [-0.39, 0.29) is 11.2 Å². The molecule has 1 rings (SSSR count). The fourth-order valence-electron chi connectivity index (χ4n) is 2.23. The number of halogens is 1. The molecule has 1 N–H and O–H groups in total. The largest absolute Gasteiger partial charge is 0.383 e. The van der Waals surface area contributed by atoms with Crippen molar-refractivity contribution in [3.8, 4) is 0 Å². The van der Waals surface area contributed by atoms with Crippen molar-refractivity contribution >= 4 is 5.69 Å². The molecular weight excluding hydrogens is 267 g/mol. The average molecular weight is 296 g/mol. The van der Waals surface area contributed by atoms with E-state index in [2.05, 4.69) is 45.0 Å². The van der Waals surface area contributed by atoms with Crippen LogP contribution in [0.5, 0.6) is 0 Å². The lowest BCUT2D eigenvalue weighted by atomic mass is 9.86. The summed E-state index contributed by atoms with van der Waals surface area (Å²) in [5.41, 5.74) is 2.21. The second-order valence-electron chi connectivity index (χ2n) is 6.60. The summed E-state index contributed by atoms with van der Waals surface area (Å²) in [6.45, 7) is 10.9. The standard InChI is InChI=1S/C17H29FN2O/c1-13(17(2,3)4)20(5)16-8-7-15(18)11-14(16)12-19-9-10-21-6/h7-8,11,13,19H,9-10,12H2,1-6H3. The highest BCUT2D eigenvalue weighted by Gasteiger charge is 2.25. The molecule has 0 aliphatic heterocycles. The lowest BCUT2D eigenvalue weighted by Gasteiger charge is -2.38. The number of ether oxygens (including phenoxy) is 1.